The van der Waals surface area contributed by atoms with Crippen LogP contribution in [0.4, 0.5) is 0 Å². The largest absolute Gasteiger partial charge is 0.479 e. The second-order valence-electron chi connectivity index (χ2n) is 7.01. The number of carbonyl (C=O) groups is 3. The van der Waals surface area contributed by atoms with Gasteiger partial charge in [0.25, 0.3) is 5.60 Å². The van der Waals surface area contributed by atoms with E-state index >= 15 is 0 Å². The zero-order chi connectivity index (χ0) is 19.3. The van der Waals surface area contributed by atoms with Crippen LogP contribution >= 0.6 is 0 Å². The van der Waals surface area contributed by atoms with E-state index in [2.05, 4.69) is 0 Å². The van der Waals surface area contributed by atoms with Gasteiger partial charge >= 0.3 is 17.9 Å². The Morgan fingerprint density at radius 3 is 2.08 bits per heavy atom. The number of hydrogen-bond donors (Lipinski definition) is 3. The van der Waals surface area contributed by atoms with Crippen molar-refractivity contribution in [3.63, 3.8) is 0 Å². The van der Waals surface area contributed by atoms with Crippen molar-refractivity contribution >= 4 is 36.8 Å². The van der Waals surface area contributed by atoms with Crippen LogP contribution in [0, 0.1) is 0 Å². The fourth-order valence-electron chi connectivity index (χ4n) is 2.52. The first-order chi connectivity index (χ1) is 11.5. The minimum atomic E-state index is -2.62. The van der Waals surface area contributed by atoms with Crippen molar-refractivity contribution in [3.8, 4) is 0 Å². The molecule has 0 saturated carbocycles. The predicted octanol–water partition coefficient (Wildman–Crippen LogP) is 0.158. The number of carboxylic acids is 2. The summed E-state index contributed by atoms with van der Waals surface area (Å²) in [6, 6.07) is -1.42. The maximum atomic E-state index is 11.8. The quantitative estimate of drug-likeness (QED) is 0.310. The second-order valence-corrected chi connectivity index (χ2v) is 7.01. The van der Waals surface area contributed by atoms with Crippen molar-refractivity contribution in [1.29, 1.82) is 0 Å². The van der Waals surface area contributed by atoms with Crippen LogP contribution in [0.25, 0.3) is 0 Å². The summed E-state index contributed by atoms with van der Waals surface area (Å²) >= 11 is 0. The smallest absolute Gasteiger partial charge is 0.349 e. The summed E-state index contributed by atoms with van der Waals surface area (Å²) < 4.78 is 15.7. The number of carbonyl (C=O) groups excluding carboxylic acids is 1. The van der Waals surface area contributed by atoms with Crippen molar-refractivity contribution in [2.24, 2.45) is 5.73 Å². The molecule has 1 aliphatic heterocycles. The van der Waals surface area contributed by atoms with E-state index in [1.54, 1.807) is 20.8 Å². The molecule has 0 aromatic carbocycles. The number of hydrogen-bond acceptors (Lipinski definition) is 7. The number of aliphatic carboxylic acids is 2. The summed E-state index contributed by atoms with van der Waals surface area (Å²) in [6.45, 7) is 5.79. The molecule has 1 saturated heterocycles. The molecule has 26 heavy (non-hydrogen) atoms. The minimum Gasteiger partial charge on any atom is -0.479 e. The molecular weight excluding hydrogens is 341 g/mol. The normalized spacial score (nSPS) is 17.1. The van der Waals surface area contributed by atoms with Crippen LogP contribution in [0.5, 0.6) is 0 Å². The van der Waals surface area contributed by atoms with E-state index in [9.17, 15) is 24.6 Å². The molecule has 4 N–H and O–H groups in total. The molecule has 10 heteroatoms. The Morgan fingerprint density at radius 1 is 1.15 bits per heavy atom. The Labute approximate surface area is 164 Å². The maximum absolute atomic E-state index is 11.8. The third-order valence-corrected chi connectivity index (χ3v) is 3.76. The zero-order valence-electron chi connectivity index (χ0n) is 15.8. The topological polar surface area (TPSA) is 145 Å². The molecule has 0 spiro atoms. The van der Waals surface area contributed by atoms with E-state index in [-0.39, 0.29) is 31.7 Å². The molecule has 9 nitrogen and oxygen atoms in total. The summed E-state index contributed by atoms with van der Waals surface area (Å²) in [4.78, 5) is 35.2. The first kappa shape index (κ1) is 24.9. The Hall–Kier alpha value is -1.11. The van der Waals surface area contributed by atoms with Gasteiger partial charge < -0.3 is 30.2 Å². The van der Waals surface area contributed by atoms with Gasteiger partial charge in [0.15, 0.2) is 0 Å². The molecule has 145 valence electrons. The van der Waals surface area contributed by atoms with Gasteiger partial charge in [-0.3, -0.25) is 4.79 Å². The van der Waals surface area contributed by atoms with E-state index in [1.807, 2.05) is 0 Å². The van der Waals surface area contributed by atoms with E-state index in [1.165, 1.54) is 0 Å². The molecule has 1 atom stereocenters. The summed E-state index contributed by atoms with van der Waals surface area (Å²) in [6.07, 6.45) is -0.245. The second kappa shape index (κ2) is 10.3. The number of rotatable bonds is 8. The third-order valence-electron chi connectivity index (χ3n) is 3.76. The number of ether oxygens (including phenoxy) is 3. The van der Waals surface area contributed by atoms with Gasteiger partial charge in [0.1, 0.15) is 5.60 Å². The summed E-state index contributed by atoms with van der Waals surface area (Å²) in [7, 11) is 0. The molecule has 0 aliphatic carbocycles. The molecular formula is C16H27LiNO8. The van der Waals surface area contributed by atoms with Crippen LogP contribution < -0.4 is 5.73 Å². The van der Waals surface area contributed by atoms with Gasteiger partial charge in [0.2, 0.25) is 0 Å². The average molecular weight is 368 g/mol. The van der Waals surface area contributed by atoms with E-state index in [0.717, 1.165) is 0 Å². The van der Waals surface area contributed by atoms with Gasteiger partial charge in [-0.25, -0.2) is 9.59 Å². The summed E-state index contributed by atoms with van der Waals surface area (Å²) in [5.74, 6) is -3.97. The number of esters is 1. The summed E-state index contributed by atoms with van der Waals surface area (Å²) in [5.41, 5.74) is 2.54. The van der Waals surface area contributed by atoms with Gasteiger partial charge in [-0.15, -0.1) is 0 Å². The Morgan fingerprint density at radius 2 is 1.65 bits per heavy atom. The molecule has 1 unspecified atom stereocenters. The van der Waals surface area contributed by atoms with Crippen molar-refractivity contribution in [1.82, 2.24) is 0 Å². The molecule has 1 radical (unpaired) electrons. The standard InChI is InChI=1S/C16H27NO8.Li/c1-15(2,3)25-12(18)5-4-11(17)16(13(19)20,14(21)22)24-10-6-8-23-9-7-10;/h10-11H,4-9,17H2,1-3H3,(H,19,20)(H,21,22);. The molecule has 0 amide bonds. The van der Waals surface area contributed by atoms with Gasteiger partial charge in [0, 0.05) is 38.5 Å². The Bertz CT molecular complexity index is 485. The molecule has 1 aliphatic rings. The summed E-state index contributed by atoms with van der Waals surface area (Å²) in [5, 5.41) is 19.0. The van der Waals surface area contributed by atoms with E-state index in [0.29, 0.717) is 26.1 Å². The first-order valence-corrected chi connectivity index (χ1v) is 8.19. The molecule has 0 aromatic heterocycles. The van der Waals surface area contributed by atoms with Crippen molar-refractivity contribution in [2.45, 2.75) is 69.8 Å². The average Bonchev–Trinajstić information content (AvgIpc) is 2.49. The van der Waals surface area contributed by atoms with Crippen LogP contribution in [0.2, 0.25) is 0 Å². The van der Waals surface area contributed by atoms with Crippen LogP contribution in [0.1, 0.15) is 46.5 Å². The van der Waals surface area contributed by atoms with Crippen LogP contribution in [0.15, 0.2) is 0 Å². The zero-order valence-corrected chi connectivity index (χ0v) is 15.8. The van der Waals surface area contributed by atoms with E-state index < -0.39 is 41.3 Å². The van der Waals surface area contributed by atoms with Gasteiger partial charge in [-0.2, -0.15) is 0 Å². The monoisotopic (exact) mass is 368 g/mol. The van der Waals surface area contributed by atoms with Crippen molar-refractivity contribution in [3.05, 3.63) is 0 Å². The predicted molar refractivity (Wildman–Crippen MR) is 91.7 cm³/mol. The fraction of sp³-hybridized carbons (Fsp3) is 0.812. The SMILES string of the molecule is CC(C)(C)OC(=O)CCC(N)C(OC1CCOCC1)(C(=O)O)C(=O)O.[Li]. The fourth-order valence-corrected chi connectivity index (χ4v) is 2.52. The third kappa shape index (κ3) is 6.89. The van der Waals surface area contributed by atoms with Crippen molar-refractivity contribution < 1.29 is 38.8 Å². The van der Waals surface area contributed by atoms with Crippen LogP contribution in [0.3, 0.4) is 0 Å². The van der Waals surface area contributed by atoms with Crippen molar-refractivity contribution in [2.75, 3.05) is 13.2 Å². The minimum absolute atomic E-state index is 0. The Balaban J connectivity index is 0.00000625. The molecule has 1 heterocycles. The molecule has 1 rings (SSSR count). The molecule has 0 aromatic rings. The molecule has 0 bridgehead atoms. The van der Waals surface area contributed by atoms with Gasteiger partial charge in [-0.1, -0.05) is 0 Å². The van der Waals surface area contributed by atoms with E-state index in [4.69, 9.17) is 19.9 Å². The van der Waals surface area contributed by atoms with Gasteiger partial charge in [0.05, 0.1) is 12.1 Å². The van der Waals surface area contributed by atoms with Gasteiger partial charge in [-0.05, 0) is 40.0 Å². The van der Waals surface area contributed by atoms with Crippen LogP contribution in [-0.2, 0) is 28.6 Å². The van der Waals surface area contributed by atoms with Crippen LogP contribution in [-0.4, -0.2) is 83.5 Å². The molecule has 1 fully saturated rings. The maximum Gasteiger partial charge on any atom is 0.349 e. The number of carboxylic acid groups (broad SMARTS) is 2. The number of nitrogens with two attached hydrogens (primary N) is 1. The Kier molecular flexibility index (Phi) is 9.84. The first-order valence-electron chi connectivity index (χ1n) is 8.19.